The number of halogens is 1. The van der Waals surface area contributed by atoms with Crippen molar-refractivity contribution in [1.82, 2.24) is 19.3 Å². The van der Waals surface area contributed by atoms with Crippen LogP contribution in [0.2, 0.25) is 0 Å². The summed E-state index contributed by atoms with van der Waals surface area (Å²) in [6, 6.07) is 6.06. The molecule has 92 valence electrons. The van der Waals surface area contributed by atoms with Gasteiger partial charge in [0, 0.05) is 17.7 Å². The van der Waals surface area contributed by atoms with Crippen molar-refractivity contribution in [3.8, 4) is 5.69 Å². The number of nitrogens with zero attached hydrogens (tertiary/aromatic N) is 3. The molecule has 2 aromatic heterocycles. The van der Waals surface area contributed by atoms with E-state index in [1.54, 1.807) is 4.68 Å². The van der Waals surface area contributed by atoms with Gasteiger partial charge in [-0.05, 0) is 37.3 Å². The van der Waals surface area contributed by atoms with Crippen molar-refractivity contribution in [2.45, 2.75) is 6.92 Å². The summed E-state index contributed by atoms with van der Waals surface area (Å²) < 4.78 is 5.51. The van der Waals surface area contributed by atoms with E-state index in [0.29, 0.717) is 4.77 Å². The van der Waals surface area contributed by atoms with Gasteiger partial charge in [-0.1, -0.05) is 15.9 Å². The third kappa shape index (κ3) is 1.72. The molecule has 1 aromatic carbocycles. The molecule has 3 aromatic rings. The fraction of sp³-hybridized carbons (Fsp3) is 0.167. The number of imidazole rings is 1. The Kier molecular flexibility index (Phi) is 2.64. The van der Waals surface area contributed by atoms with Crippen LogP contribution in [0.15, 0.2) is 28.9 Å². The van der Waals surface area contributed by atoms with Crippen LogP contribution in [-0.2, 0) is 7.05 Å². The predicted octanol–water partition coefficient (Wildman–Crippen LogP) is 3.49. The van der Waals surface area contributed by atoms with Crippen molar-refractivity contribution in [3.63, 3.8) is 0 Å². The number of H-pyrrole nitrogens is 1. The molecule has 1 N–H and O–H groups in total. The molecule has 0 unspecified atom stereocenters. The number of rotatable bonds is 1. The van der Waals surface area contributed by atoms with Crippen molar-refractivity contribution in [1.29, 1.82) is 0 Å². The van der Waals surface area contributed by atoms with E-state index < -0.39 is 0 Å². The Hall–Kier alpha value is -1.40. The summed E-state index contributed by atoms with van der Waals surface area (Å²) in [5.41, 5.74) is 4.03. The van der Waals surface area contributed by atoms with Gasteiger partial charge in [-0.15, -0.1) is 0 Å². The average molecular weight is 323 g/mol. The highest BCUT2D eigenvalue weighted by molar-refractivity contribution is 9.10. The van der Waals surface area contributed by atoms with Crippen LogP contribution in [0.4, 0.5) is 0 Å². The van der Waals surface area contributed by atoms with E-state index in [0.717, 1.165) is 26.9 Å². The molecule has 0 fully saturated rings. The van der Waals surface area contributed by atoms with Crippen LogP contribution in [0.25, 0.3) is 16.7 Å². The first-order valence-electron chi connectivity index (χ1n) is 5.47. The van der Waals surface area contributed by atoms with E-state index >= 15 is 0 Å². The zero-order valence-corrected chi connectivity index (χ0v) is 12.3. The van der Waals surface area contributed by atoms with E-state index in [4.69, 9.17) is 12.2 Å². The van der Waals surface area contributed by atoms with Crippen LogP contribution in [0.5, 0.6) is 0 Å². The summed E-state index contributed by atoms with van der Waals surface area (Å²) in [4.78, 5) is 3.21. The number of hydrogen-bond donors (Lipinski definition) is 1. The molecule has 0 radical (unpaired) electrons. The largest absolute Gasteiger partial charge is 0.330 e. The molecule has 0 saturated heterocycles. The van der Waals surface area contributed by atoms with E-state index in [-0.39, 0.29) is 0 Å². The number of benzene rings is 1. The van der Waals surface area contributed by atoms with Crippen LogP contribution >= 0.6 is 28.1 Å². The zero-order chi connectivity index (χ0) is 12.9. The second-order valence-electron chi connectivity index (χ2n) is 4.20. The maximum atomic E-state index is 5.40. The third-order valence-corrected chi connectivity index (χ3v) is 3.65. The summed E-state index contributed by atoms with van der Waals surface area (Å²) >= 11 is 8.89. The summed E-state index contributed by atoms with van der Waals surface area (Å²) in [5, 5.41) is 4.36. The maximum absolute atomic E-state index is 5.40. The number of nitrogens with one attached hydrogen (secondary N) is 1. The van der Waals surface area contributed by atoms with Gasteiger partial charge in [-0.3, -0.25) is 9.25 Å². The fourth-order valence-corrected chi connectivity index (χ4v) is 2.78. The van der Waals surface area contributed by atoms with Crippen molar-refractivity contribution >= 4 is 39.2 Å². The normalized spacial score (nSPS) is 11.3. The van der Waals surface area contributed by atoms with Crippen molar-refractivity contribution in [3.05, 3.63) is 39.3 Å². The van der Waals surface area contributed by atoms with Crippen LogP contribution < -0.4 is 0 Å². The van der Waals surface area contributed by atoms with Crippen molar-refractivity contribution in [2.24, 2.45) is 7.05 Å². The molecule has 18 heavy (non-hydrogen) atoms. The minimum atomic E-state index is 0.680. The second-order valence-corrected chi connectivity index (χ2v) is 5.50. The van der Waals surface area contributed by atoms with Gasteiger partial charge < -0.3 is 4.98 Å². The molecule has 3 rings (SSSR count). The molecule has 0 bridgehead atoms. The first-order chi connectivity index (χ1) is 8.56. The molecule has 4 nitrogen and oxygen atoms in total. The predicted molar refractivity (Wildman–Crippen MR) is 77.7 cm³/mol. The molecular formula is C12H11BrN4S. The quantitative estimate of drug-likeness (QED) is 0.696. The highest BCUT2D eigenvalue weighted by Gasteiger charge is 2.11. The molecule has 0 atom stereocenters. The summed E-state index contributed by atoms with van der Waals surface area (Å²) in [5.74, 6) is 0. The molecular weight excluding hydrogens is 312 g/mol. The van der Waals surface area contributed by atoms with Crippen molar-refractivity contribution in [2.75, 3.05) is 0 Å². The van der Waals surface area contributed by atoms with Gasteiger partial charge in [-0.2, -0.15) is 5.10 Å². The molecule has 0 aliphatic rings. The highest BCUT2D eigenvalue weighted by atomic mass is 79.9. The molecule has 0 aliphatic heterocycles. The Morgan fingerprint density at radius 2 is 2.17 bits per heavy atom. The first kappa shape index (κ1) is 11.7. The Morgan fingerprint density at radius 1 is 1.39 bits per heavy atom. The topological polar surface area (TPSA) is 38.5 Å². The van der Waals surface area contributed by atoms with Gasteiger partial charge in [0.1, 0.15) is 0 Å². The van der Waals surface area contributed by atoms with Crippen molar-refractivity contribution < 1.29 is 0 Å². The van der Waals surface area contributed by atoms with Gasteiger partial charge >= 0.3 is 0 Å². The molecule has 6 heteroatoms. The summed E-state index contributed by atoms with van der Waals surface area (Å²) in [6.07, 6.45) is 1.97. The SMILES string of the molecule is Cc1nn(C)cc1-n1c(=S)[nH]c2ccc(Br)cc21. The third-order valence-electron chi connectivity index (χ3n) is 2.87. The highest BCUT2D eigenvalue weighted by Crippen LogP contribution is 2.24. The number of fused-ring (bicyclic) bond motifs is 1. The van der Waals surface area contributed by atoms with Crippen LogP contribution in [0.1, 0.15) is 5.69 Å². The van der Waals surface area contributed by atoms with Crippen LogP contribution in [0, 0.1) is 11.7 Å². The average Bonchev–Trinajstić information content (AvgIpc) is 2.77. The van der Waals surface area contributed by atoms with Gasteiger partial charge in [-0.25, -0.2) is 0 Å². The van der Waals surface area contributed by atoms with E-state index in [1.807, 2.05) is 42.9 Å². The number of aromatic amines is 1. The lowest BCUT2D eigenvalue weighted by Crippen LogP contribution is -1.94. The lowest BCUT2D eigenvalue weighted by molar-refractivity contribution is 0.756. The maximum Gasteiger partial charge on any atom is 0.182 e. The van der Waals surface area contributed by atoms with Crippen LogP contribution in [-0.4, -0.2) is 19.3 Å². The Morgan fingerprint density at radius 3 is 2.83 bits per heavy atom. The smallest absolute Gasteiger partial charge is 0.182 e. The first-order valence-corrected chi connectivity index (χ1v) is 6.67. The van der Waals surface area contributed by atoms with Gasteiger partial charge in [0.2, 0.25) is 0 Å². The Labute approximate surface area is 117 Å². The Bertz CT molecular complexity index is 796. The minimum Gasteiger partial charge on any atom is -0.330 e. The van der Waals surface area contributed by atoms with Gasteiger partial charge in [0.25, 0.3) is 0 Å². The van der Waals surface area contributed by atoms with Gasteiger partial charge in [0.05, 0.1) is 22.4 Å². The second kappa shape index (κ2) is 4.07. The van der Waals surface area contributed by atoms with E-state index in [2.05, 4.69) is 26.0 Å². The summed E-state index contributed by atoms with van der Waals surface area (Å²) in [6.45, 7) is 1.98. The number of aryl methyl sites for hydroxylation is 2. The van der Waals surface area contributed by atoms with E-state index in [1.165, 1.54) is 0 Å². The lowest BCUT2D eigenvalue weighted by atomic mass is 10.3. The number of aromatic nitrogens is 4. The lowest BCUT2D eigenvalue weighted by Gasteiger charge is -2.02. The van der Waals surface area contributed by atoms with Crippen LogP contribution in [0.3, 0.4) is 0 Å². The molecule has 0 amide bonds. The Balaban J connectivity index is 2.41. The minimum absolute atomic E-state index is 0.680. The van der Waals surface area contributed by atoms with Gasteiger partial charge in [0.15, 0.2) is 4.77 Å². The standard InChI is InChI=1S/C12H11BrN4S/c1-7-11(6-16(2)15-7)17-10-5-8(13)3-4-9(10)14-12(17)18/h3-6H,1-2H3,(H,14,18). The fourth-order valence-electron chi connectivity index (χ4n) is 2.12. The molecule has 0 aliphatic carbocycles. The summed E-state index contributed by atoms with van der Waals surface area (Å²) in [7, 11) is 1.91. The molecule has 0 saturated carbocycles. The number of hydrogen-bond acceptors (Lipinski definition) is 2. The zero-order valence-electron chi connectivity index (χ0n) is 9.94. The molecule has 2 heterocycles. The molecule has 0 spiro atoms. The monoisotopic (exact) mass is 322 g/mol. The van der Waals surface area contributed by atoms with E-state index in [9.17, 15) is 0 Å².